The van der Waals surface area contributed by atoms with Crippen LogP contribution in [0.5, 0.6) is 0 Å². The first kappa shape index (κ1) is 23.5. The Balaban J connectivity index is 1.42. The number of nitrogens with one attached hydrogen (secondary N) is 2. The minimum Gasteiger partial charge on any atom is -0.361 e. The van der Waals surface area contributed by atoms with Gasteiger partial charge in [0.15, 0.2) is 5.11 Å². The van der Waals surface area contributed by atoms with Crippen molar-refractivity contribution in [3.8, 4) is 0 Å². The van der Waals surface area contributed by atoms with E-state index in [9.17, 15) is 0 Å². The summed E-state index contributed by atoms with van der Waals surface area (Å²) in [5, 5.41) is 8.29. The SMILES string of the molecule is CC1CCN(c2cc(Cl)nc(NC(=S)NCC3(c4ccc(Cl)cc4)CCCCC3)n2)CC1. The molecule has 2 aliphatic rings. The average molecular weight is 493 g/mol. The van der Waals surface area contributed by atoms with Crippen molar-refractivity contribution in [3.05, 3.63) is 46.1 Å². The van der Waals surface area contributed by atoms with E-state index in [1.165, 1.54) is 24.8 Å². The van der Waals surface area contributed by atoms with Crippen LogP contribution in [0.1, 0.15) is 57.4 Å². The van der Waals surface area contributed by atoms with Crippen LogP contribution in [0.2, 0.25) is 10.2 Å². The van der Waals surface area contributed by atoms with Crippen LogP contribution in [0, 0.1) is 5.92 Å². The van der Waals surface area contributed by atoms with E-state index in [4.69, 9.17) is 35.4 Å². The van der Waals surface area contributed by atoms with E-state index in [-0.39, 0.29) is 5.41 Å². The van der Waals surface area contributed by atoms with Crippen molar-refractivity contribution < 1.29 is 0 Å². The zero-order chi connectivity index (χ0) is 22.6. The number of aromatic nitrogens is 2. The maximum atomic E-state index is 6.30. The van der Waals surface area contributed by atoms with Crippen LogP contribution in [0.4, 0.5) is 11.8 Å². The standard InChI is InChI=1S/C24H31Cl2N5S/c1-17-9-13-31(14-10-17)21-15-20(26)28-22(29-21)30-23(32)27-16-24(11-3-2-4-12-24)18-5-7-19(25)8-6-18/h5-8,15,17H,2-4,9-14,16H2,1H3,(H2,27,28,29,30,32). The molecule has 0 radical (unpaired) electrons. The van der Waals surface area contributed by atoms with Gasteiger partial charge in [0.2, 0.25) is 5.95 Å². The molecule has 1 saturated heterocycles. The third kappa shape index (κ3) is 5.83. The molecule has 0 spiro atoms. The number of nitrogens with zero attached hydrogens (tertiary/aromatic N) is 3. The van der Waals surface area contributed by atoms with Gasteiger partial charge in [-0.05, 0) is 61.5 Å². The molecule has 4 rings (SSSR count). The first-order valence-electron chi connectivity index (χ1n) is 11.5. The van der Waals surface area contributed by atoms with Gasteiger partial charge in [-0.3, -0.25) is 0 Å². The monoisotopic (exact) mass is 491 g/mol. The molecule has 1 aromatic heterocycles. The average Bonchev–Trinajstić information content (AvgIpc) is 2.79. The number of rotatable bonds is 5. The van der Waals surface area contributed by atoms with E-state index in [0.29, 0.717) is 16.2 Å². The molecule has 1 aliphatic carbocycles. The van der Waals surface area contributed by atoms with Gasteiger partial charge in [0, 0.05) is 36.1 Å². The van der Waals surface area contributed by atoms with Gasteiger partial charge in [-0.2, -0.15) is 4.98 Å². The summed E-state index contributed by atoms with van der Waals surface area (Å²) >= 11 is 18.0. The zero-order valence-corrected chi connectivity index (χ0v) is 20.9. The summed E-state index contributed by atoms with van der Waals surface area (Å²) < 4.78 is 0. The molecular formula is C24H31Cl2N5S. The first-order valence-corrected chi connectivity index (χ1v) is 12.7. The molecule has 32 heavy (non-hydrogen) atoms. The van der Waals surface area contributed by atoms with Crippen LogP contribution in [0.15, 0.2) is 30.3 Å². The molecule has 1 saturated carbocycles. The Bertz CT molecular complexity index is 922. The van der Waals surface area contributed by atoms with Gasteiger partial charge in [-0.15, -0.1) is 0 Å². The van der Waals surface area contributed by atoms with Gasteiger partial charge in [0.25, 0.3) is 0 Å². The van der Waals surface area contributed by atoms with Crippen molar-refractivity contribution in [2.45, 2.75) is 57.3 Å². The molecule has 8 heteroatoms. The molecule has 2 heterocycles. The van der Waals surface area contributed by atoms with E-state index < -0.39 is 0 Å². The van der Waals surface area contributed by atoms with E-state index in [1.54, 1.807) is 0 Å². The molecule has 2 N–H and O–H groups in total. The Labute approximate surface area is 206 Å². The van der Waals surface area contributed by atoms with Crippen molar-refractivity contribution in [1.29, 1.82) is 0 Å². The summed E-state index contributed by atoms with van der Waals surface area (Å²) in [4.78, 5) is 11.3. The predicted octanol–water partition coefficient (Wildman–Crippen LogP) is 6.21. The van der Waals surface area contributed by atoms with Gasteiger partial charge < -0.3 is 15.5 Å². The van der Waals surface area contributed by atoms with E-state index in [1.807, 2.05) is 18.2 Å². The summed E-state index contributed by atoms with van der Waals surface area (Å²) in [6, 6.07) is 10.1. The van der Waals surface area contributed by atoms with Crippen LogP contribution >= 0.6 is 35.4 Å². The van der Waals surface area contributed by atoms with Gasteiger partial charge in [0.05, 0.1) is 0 Å². The number of hydrogen-bond donors (Lipinski definition) is 2. The number of anilines is 2. The number of benzene rings is 1. The van der Waals surface area contributed by atoms with E-state index in [2.05, 4.69) is 44.6 Å². The number of hydrogen-bond acceptors (Lipinski definition) is 4. The summed E-state index contributed by atoms with van der Waals surface area (Å²) in [5.74, 6) is 2.05. The van der Waals surface area contributed by atoms with Crippen LogP contribution in [-0.2, 0) is 5.41 Å². The fraction of sp³-hybridized carbons (Fsp3) is 0.542. The lowest BCUT2D eigenvalue weighted by atomic mass is 9.69. The maximum absolute atomic E-state index is 6.30. The third-order valence-corrected chi connectivity index (χ3v) is 7.56. The minimum atomic E-state index is 0.0550. The fourth-order valence-electron chi connectivity index (χ4n) is 4.86. The molecule has 0 amide bonds. The molecule has 172 valence electrons. The van der Waals surface area contributed by atoms with Crippen molar-refractivity contribution in [2.24, 2.45) is 5.92 Å². The van der Waals surface area contributed by atoms with Crippen LogP contribution in [-0.4, -0.2) is 34.7 Å². The lowest BCUT2D eigenvalue weighted by Gasteiger charge is -2.38. The van der Waals surface area contributed by atoms with E-state index >= 15 is 0 Å². The highest BCUT2D eigenvalue weighted by atomic mass is 35.5. The normalized spacial score (nSPS) is 18.9. The van der Waals surface area contributed by atoms with Crippen LogP contribution in [0.3, 0.4) is 0 Å². The number of piperidine rings is 1. The smallest absolute Gasteiger partial charge is 0.232 e. The molecule has 2 fully saturated rings. The van der Waals surface area contributed by atoms with Gasteiger partial charge >= 0.3 is 0 Å². The van der Waals surface area contributed by atoms with Gasteiger partial charge in [-0.25, -0.2) is 4.98 Å². The van der Waals surface area contributed by atoms with Crippen molar-refractivity contribution in [2.75, 3.05) is 29.9 Å². The topological polar surface area (TPSA) is 53.1 Å². The van der Waals surface area contributed by atoms with Crippen LogP contribution < -0.4 is 15.5 Å². The molecule has 2 aromatic rings. The Morgan fingerprint density at radius 2 is 1.78 bits per heavy atom. The highest BCUT2D eigenvalue weighted by Crippen LogP contribution is 2.39. The Hall–Kier alpha value is -1.63. The lowest BCUT2D eigenvalue weighted by molar-refractivity contribution is 0.292. The summed E-state index contributed by atoms with van der Waals surface area (Å²) in [5.41, 5.74) is 1.37. The lowest BCUT2D eigenvalue weighted by Crippen LogP contribution is -2.43. The molecule has 1 aliphatic heterocycles. The van der Waals surface area contributed by atoms with Crippen molar-refractivity contribution in [1.82, 2.24) is 15.3 Å². The molecule has 5 nitrogen and oxygen atoms in total. The second-order valence-electron chi connectivity index (χ2n) is 9.20. The highest BCUT2D eigenvalue weighted by Gasteiger charge is 2.34. The minimum absolute atomic E-state index is 0.0550. The number of thiocarbonyl (C=S) groups is 1. The quantitative estimate of drug-likeness (QED) is 0.383. The predicted molar refractivity (Wildman–Crippen MR) is 138 cm³/mol. The molecule has 0 atom stereocenters. The van der Waals surface area contributed by atoms with Gasteiger partial charge in [0.1, 0.15) is 11.0 Å². The molecule has 0 unspecified atom stereocenters. The fourth-order valence-corrected chi connectivity index (χ4v) is 5.32. The second kappa shape index (κ2) is 10.5. The molecule has 1 aromatic carbocycles. The Kier molecular flexibility index (Phi) is 7.74. The highest BCUT2D eigenvalue weighted by molar-refractivity contribution is 7.80. The maximum Gasteiger partial charge on any atom is 0.232 e. The van der Waals surface area contributed by atoms with E-state index in [0.717, 1.165) is 62.1 Å². The summed E-state index contributed by atoms with van der Waals surface area (Å²) in [6.07, 6.45) is 8.32. The third-order valence-electron chi connectivity index (χ3n) is 6.87. The van der Waals surface area contributed by atoms with Crippen molar-refractivity contribution in [3.63, 3.8) is 0 Å². The Morgan fingerprint density at radius 1 is 1.09 bits per heavy atom. The van der Waals surface area contributed by atoms with Crippen molar-refractivity contribution >= 4 is 52.3 Å². The Morgan fingerprint density at radius 3 is 2.47 bits per heavy atom. The molecule has 0 bridgehead atoms. The second-order valence-corrected chi connectivity index (χ2v) is 10.4. The van der Waals surface area contributed by atoms with Gasteiger partial charge in [-0.1, -0.05) is 61.5 Å². The zero-order valence-electron chi connectivity index (χ0n) is 18.5. The summed E-state index contributed by atoms with van der Waals surface area (Å²) in [7, 11) is 0. The first-order chi connectivity index (χ1) is 15.4. The largest absolute Gasteiger partial charge is 0.361 e. The molecular weight excluding hydrogens is 461 g/mol. The summed E-state index contributed by atoms with van der Waals surface area (Å²) in [6.45, 7) is 5.03. The number of halogens is 2. The van der Waals surface area contributed by atoms with Crippen LogP contribution in [0.25, 0.3) is 0 Å².